The van der Waals surface area contributed by atoms with Crippen molar-refractivity contribution in [3.8, 4) is 0 Å². The summed E-state index contributed by atoms with van der Waals surface area (Å²) < 4.78 is 25.4. The van der Waals surface area contributed by atoms with Gasteiger partial charge in [-0.15, -0.1) is 0 Å². The first-order chi connectivity index (χ1) is 7.41. The van der Waals surface area contributed by atoms with Crippen LogP contribution in [0.2, 0.25) is 0 Å². The van der Waals surface area contributed by atoms with E-state index < -0.39 is 21.4 Å². The van der Waals surface area contributed by atoms with Crippen molar-refractivity contribution < 1.29 is 13.5 Å². The van der Waals surface area contributed by atoms with Crippen LogP contribution in [0.5, 0.6) is 0 Å². The molecule has 5 nitrogen and oxygen atoms in total. The molecule has 0 aromatic heterocycles. The Morgan fingerprint density at radius 1 is 1.44 bits per heavy atom. The monoisotopic (exact) mass is 250 g/mol. The Balaban J connectivity index is 2.79. The zero-order valence-corrected chi connectivity index (χ0v) is 10.8. The number of aliphatic hydroxyl groups is 1. The Labute approximate surface area is 97.7 Å². The fraction of sp³-hybridized carbons (Fsp3) is 1.00. The molecule has 96 valence electrons. The van der Waals surface area contributed by atoms with Crippen LogP contribution in [0.1, 0.15) is 32.6 Å². The zero-order valence-electron chi connectivity index (χ0n) is 9.96. The number of sulfonamides is 1. The number of aliphatic hydroxyl groups excluding tert-OH is 1. The molecule has 1 fully saturated rings. The van der Waals surface area contributed by atoms with E-state index in [9.17, 15) is 13.5 Å². The predicted octanol–water partition coefficient (Wildman–Crippen LogP) is -0.101. The van der Waals surface area contributed by atoms with Crippen molar-refractivity contribution in [2.45, 2.75) is 50.0 Å². The summed E-state index contributed by atoms with van der Waals surface area (Å²) in [5.41, 5.74) is 5.39. The highest BCUT2D eigenvalue weighted by atomic mass is 32.2. The molecule has 1 aliphatic carbocycles. The maximum atomic E-state index is 12.0. The lowest BCUT2D eigenvalue weighted by atomic mass is 9.93. The molecule has 0 amide bonds. The number of rotatable bonds is 4. The average Bonchev–Trinajstić information content (AvgIpc) is 2.27. The SMILES string of the molecule is CC(CN)S(=O)(=O)N(C)C1CCCCC1O. The van der Waals surface area contributed by atoms with Gasteiger partial charge in [-0.2, -0.15) is 4.31 Å². The first-order valence-electron chi connectivity index (χ1n) is 5.76. The molecule has 0 aromatic rings. The minimum Gasteiger partial charge on any atom is -0.391 e. The lowest BCUT2D eigenvalue weighted by Crippen LogP contribution is -2.49. The molecule has 0 aliphatic heterocycles. The Kier molecular flexibility index (Phi) is 4.73. The van der Waals surface area contributed by atoms with E-state index in [0.29, 0.717) is 6.42 Å². The van der Waals surface area contributed by atoms with Crippen LogP contribution in [-0.4, -0.2) is 48.8 Å². The van der Waals surface area contributed by atoms with Crippen LogP contribution in [0.15, 0.2) is 0 Å². The summed E-state index contributed by atoms with van der Waals surface area (Å²) in [4.78, 5) is 0. The zero-order chi connectivity index (χ0) is 12.3. The Bertz CT molecular complexity index is 318. The van der Waals surface area contributed by atoms with Crippen LogP contribution in [0, 0.1) is 0 Å². The van der Waals surface area contributed by atoms with Crippen LogP contribution < -0.4 is 5.73 Å². The van der Waals surface area contributed by atoms with Crippen molar-refractivity contribution in [2.24, 2.45) is 5.73 Å². The van der Waals surface area contributed by atoms with E-state index in [1.54, 1.807) is 14.0 Å². The van der Waals surface area contributed by atoms with Crippen LogP contribution in [0.25, 0.3) is 0 Å². The maximum Gasteiger partial charge on any atom is 0.218 e. The second-order valence-electron chi connectivity index (χ2n) is 4.53. The van der Waals surface area contributed by atoms with Gasteiger partial charge in [0.05, 0.1) is 17.4 Å². The largest absolute Gasteiger partial charge is 0.391 e. The molecule has 16 heavy (non-hydrogen) atoms. The van der Waals surface area contributed by atoms with E-state index in [-0.39, 0.29) is 12.6 Å². The summed E-state index contributed by atoms with van der Waals surface area (Å²) in [6.45, 7) is 1.70. The standard InChI is InChI=1S/C10H22N2O3S/c1-8(7-11)16(14,15)12(2)9-5-3-4-6-10(9)13/h8-10,13H,3-7,11H2,1-2H3. The molecule has 1 saturated carbocycles. The minimum absolute atomic E-state index is 0.107. The molecule has 0 spiro atoms. The molecular formula is C10H22N2O3S. The molecule has 0 bridgehead atoms. The van der Waals surface area contributed by atoms with Crippen molar-refractivity contribution in [3.05, 3.63) is 0 Å². The lowest BCUT2D eigenvalue weighted by Gasteiger charge is -2.35. The number of likely N-dealkylation sites (N-methyl/N-ethyl adjacent to an activating group) is 1. The van der Waals surface area contributed by atoms with Crippen molar-refractivity contribution in [1.82, 2.24) is 4.31 Å². The molecule has 3 unspecified atom stereocenters. The predicted molar refractivity (Wildman–Crippen MR) is 63.5 cm³/mol. The van der Waals surface area contributed by atoms with Gasteiger partial charge in [0.1, 0.15) is 0 Å². The number of nitrogens with zero attached hydrogens (tertiary/aromatic N) is 1. The molecule has 6 heteroatoms. The second-order valence-corrected chi connectivity index (χ2v) is 6.94. The van der Waals surface area contributed by atoms with Crippen LogP contribution in [-0.2, 0) is 10.0 Å². The highest BCUT2D eigenvalue weighted by molar-refractivity contribution is 7.89. The molecular weight excluding hydrogens is 228 g/mol. The van der Waals surface area contributed by atoms with Gasteiger partial charge in [-0.3, -0.25) is 0 Å². The van der Waals surface area contributed by atoms with Gasteiger partial charge in [0, 0.05) is 13.6 Å². The van der Waals surface area contributed by atoms with Gasteiger partial charge in [-0.1, -0.05) is 12.8 Å². The fourth-order valence-electron chi connectivity index (χ4n) is 2.11. The summed E-state index contributed by atoms with van der Waals surface area (Å²) in [5, 5.41) is 9.23. The summed E-state index contributed by atoms with van der Waals surface area (Å²) in [5.74, 6) is 0. The first-order valence-corrected chi connectivity index (χ1v) is 7.26. The Morgan fingerprint density at radius 2 is 2.00 bits per heavy atom. The van der Waals surface area contributed by atoms with E-state index in [1.807, 2.05) is 0 Å². The molecule has 0 heterocycles. The van der Waals surface area contributed by atoms with Gasteiger partial charge < -0.3 is 10.8 Å². The lowest BCUT2D eigenvalue weighted by molar-refractivity contribution is 0.0635. The summed E-state index contributed by atoms with van der Waals surface area (Å²) in [7, 11) is -1.83. The van der Waals surface area contributed by atoms with Gasteiger partial charge >= 0.3 is 0 Å². The highest BCUT2D eigenvalue weighted by Crippen LogP contribution is 2.25. The van der Waals surface area contributed by atoms with E-state index in [2.05, 4.69) is 0 Å². The summed E-state index contributed by atoms with van der Waals surface area (Å²) in [6.07, 6.45) is 2.81. The number of nitrogens with two attached hydrogens (primary N) is 1. The van der Waals surface area contributed by atoms with Gasteiger partial charge in [0.15, 0.2) is 0 Å². The normalized spacial score (nSPS) is 29.3. The molecule has 0 saturated heterocycles. The van der Waals surface area contributed by atoms with Crippen LogP contribution >= 0.6 is 0 Å². The van der Waals surface area contributed by atoms with Crippen molar-refractivity contribution in [2.75, 3.05) is 13.6 Å². The molecule has 3 atom stereocenters. The number of hydrogen-bond acceptors (Lipinski definition) is 4. The van der Waals surface area contributed by atoms with Gasteiger partial charge in [0.25, 0.3) is 0 Å². The van der Waals surface area contributed by atoms with E-state index in [4.69, 9.17) is 5.73 Å². The third-order valence-electron chi connectivity index (χ3n) is 3.40. The fourth-order valence-corrected chi connectivity index (χ4v) is 3.54. The summed E-state index contributed by atoms with van der Waals surface area (Å²) >= 11 is 0. The first kappa shape index (κ1) is 13.9. The molecule has 3 N–H and O–H groups in total. The maximum absolute atomic E-state index is 12.0. The van der Waals surface area contributed by atoms with E-state index in [1.165, 1.54) is 4.31 Å². The van der Waals surface area contributed by atoms with Gasteiger partial charge in [-0.05, 0) is 19.8 Å². The van der Waals surface area contributed by atoms with Crippen LogP contribution in [0.3, 0.4) is 0 Å². The van der Waals surface area contributed by atoms with Crippen molar-refractivity contribution in [3.63, 3.8) is 0 Å². The van der Waals surface area contributed by atoms with E-state index in [0.717, 1.165) is 19.3 Å². The van der Waals surface area contributed by atoms with Gasteiger partial charge in [0.2, 0.25) is 10.0 Å². The summed E-state index contributed by atoms with van der Waals surface area (Å²) in [6, 6.07) is -0.284. The molecule has 0 radical (unpaired) electrons. The quantitative estimate of drug-likeness (QED) is 0.730. The third-order valence-corrected chi connectivity index (χ3v) is 5.69. The Hall–Kier alpha value is -0.170. The third kappa shape index (κ3) is 2.74. The van der Waals surface area contributed by atoms with Crippen molar-refractivity contribution in [1.29, 1.82) is 0 Å². The minimum atomic E-state index is -3.37. The second kappa shape index (κ2) is 5.44. The topological polar surface area (TPSA) is 83.6 Å². The Morgan fingerprint density at radius 3 is 2.50 bits per heavy atom. The highest BCUT2D eigenvalue weighted by Gasteiger charge is 2.35. The molecule has 1 rings (SSSR count). The van der Waals surface area contributed by atoms with E-state index >= 15 is 0 Å². The molecule has 1 aliphatic rings. The molecule has 0 aromatic carbocycles. The number of hydrogen-bond donors (Lipinski definition) is 2. The van der Waals surface area contributed by atoms with Crippen molar-refractivity contribution >= 4 is 10.0 Å². The smallest absolute Gasteiger partial charge is 0.218 e. The van der Waals surface area contributed by atoms with Crippen LogP contribution in [0.4, 0.5) is 0 Å². The average molecular weight is 250 g/mol. The van der Waals surface area contributed by atoms with Gasteiger partial charge in [-0.25, -0.2) is 8.42 Å².